The topological polar surface area (TPSA) is 60.0 Å². The van der Waals surface area contributed by atoms with Crippen LogP contribution in [0.2, 0.25) is 0 Å². The number of ether oxygens (including phenoxy) is 3. The number of nitrogens with zero attached hydrogens (tertiary/aromatic N) is 1. The summed E-state index contributed by atoms with van der Waals surface area (Å²) in [5.41, 5.74) is 3.47. The minimum atomic E-state index is -0.550. The first kappa shape index (κ1) is 24.2. The van der Waals surface area contributed by atoms with Crippen molar-refractivity contribution >= 4 is 5.91 Å². The Morgan fingerprint density at radius 3 is 2.72 bits per heavy atom. The molecule has 206 valence electrons. The van der Waals surface area contributed by atoms with Gasteiger partial charge >= 0.3 is 0 Å². The fraction of sp³-hybridized carbons (Fsp3) is 0.606. The third-order valence-corrected chi connectivity index (χ3v) is 11.7. The van der Waals surface area contributed by atoms with Crippen LogP contribution in [0.5, 0.6) is 11.5 Å². The van der Waals surface area contributed by atoms with Gasteiger partial charge < -0.3 is 19.5 Å². The van der Waals surface area contributed by atoms with Crippen LogP contribution < -0.4 is 14.8 Å². The summed E-state index contributed by atoms with van der Waals surface area (Å²) in [6.07, 6.45) is 9.01. The lowest BCUT2D eigenvalue weighted by atomic mass is 9.35. The molecule has 6 nitrogen and oxygen atoms in total. The molecule has 9 rings (SSSR count). The standard InChI is InChI=1S/C33H40N2O4/c1-37-24-12-11-23-18-26-31-14-15-33(38-2,25(19-31)34-27(36)13-10-21-6-4-3-5-7-21)30-32(31,28(23)29(24)39-30)16-17-35(26)20-22-8-9-22/h3-7,11-12,22,25-26,30H,8-10,13-20H2,1-2H3,(H,34,36)/t25?,26-,30?,31-,32+,33-/m1/s1. The maximum absolute atomic E-state index is 13.5. The number of hydrogen-bond donors (Lipinski definition) is 1. The SMILES string of the molecule is COc1ccc2c3c1OC1[C@@]4(OC)CC[C@@]5(CC4NC(=O)CCc4ccccc4)[C@@H](C2)N(CC2CC2)CC[C@]315. The number of methoxy groups -OCH3 is 2. The molecule has 2 aliphatic heterocycles. The predicted octanol–water partition coefficient (Wildman–Crippen LogP) is 4.42. The number of hydrogen-bond acceptors (Lipinski definition) is 5. The van der Waals surface area contributed by atoms with E-state index in [0.717, 1.165) is 62.5 Å². The van der Waals surface area contributed by atoms with Gasteiger partial charge in [0.1, 0.15) is 11.7 Å². The van der Waals surface area contributed by atoms with Crippen molar-refractivity contribution in [1.82, 2.24) is 10.2 Å². The molecule has 5 aliphatic carbocycles. The van der Waals surface area contributed by atoms with Crippen molar-refractivity contribution in [3.8, 4) is 11.5 Å². The molecule has 0 radical (unpaired) electrons. The van der Waals surface area contributed by atoms with Crippen LogP contribution in [0.1, 0.15) is 61.6 Å². The minimum Gasteiger partial charge on any atom is -0.493 e. The highest BCUT2D eigenvalue weighted by Gasteiger charge is 2.81. The van der Waals surface area contributed by atoms with Gasteiger partial charge in [-0.05, 0) is 81.0 Å². The van der Waals surface area contributed by atoms with Crippen LogP contribution in [-0.2, 0) is 27.8 Å². The average Bonchev–Trinajstić information content (AvgIpc) is 3.71. The van der Waals surface area contributed by atoms with E-state index < -0.39 is 5.60 Å². The van der Waals surface area contributed by atoms with Crippen molar-refractivity contribution in [2.75, 3.05) is 27.3 Å². The number of benzene rings is 2. The summed E-state index contributed by atoms with van der Waals surface area (Å²) in [5, 5.41) is 3.52. The number of nitrogens with one attached hydrogen (secondary N) is 1. The Kier molecular flexibility index (Phi) is 5.26. The fourth-order valence-electron chi connectivity index (χ4n) is 9.88. The summed E-state index contributed by atoms with van der Waals surface area (Å²) in [4.78, 5) is 16.3. The summed E-state index contributed by atoms with van der Waals surface area (Å²) < 4.78 is 19.5. The third kappa shape index (κ3) is 3.13. The molecule has 0 aromatic heterocycles. The van der Waals surface area contributed by atoms with Crippen LogP contribution in [0.3, 0.4) is 0 Å². The van der Waals surface area contributed by atoms with Crippen molar-refractivity contribution in [3.63, 3.8) is 0 Å². The van der Waals surface area contributed by atoms with Gasteiger partial charge in [0.2, 0.25) is 5.91 Å². The molecule has 6 heteroatoms. The third-order valence-electron chi connectivity index (χ3n) is 11.7. The van der Waals surface area contributed by atoms with Gasteiger partial charge in [-0.1, -0.05) is 36.4 Å². The van der Waals surface area contributed by atoms with E-state index in [0.29, 0.717) is 12.5 Å². The molecular weight excluding hydrogens is 488 g/mol. The first-order valence-electron chi connectivity index (χ1n) is 15.0. The summed E-state index contributed by atoms with van der Waals surface area (Å²) in [6, 6.07) is 15.1. The van der Waals surface area contributed by atoms with E-state index in [9.17, 15) is 4.79 Å². The summed E-state index contributed by atoms with van der Waals surface area (Å²) >= 11 is 0. The van der Waals surface area contributed by atoms with E-state index in [2.05, 4.69) is 34.5 Å². The Bertz CT molecular complexity index is 1310. The monoisotopic (exact) mass is 528 g/mol. The number of piperidine rings is 1. The van der Waals surface area contributed by atoms with Gasteiger partial charge in [0.05, 0.1) is 13.2 Å². The number of fused-ring (bicyclic) bond motifs is 2. The number of carbonyl (C=O) groups excluding carboxylic acids is 1. The highest BCUT2D eigenvalue weighted by atomic mass is 16.6. The lowest BCUT2D eigenvalue weighted by Gasteiger charge is -2.73. The Balaban J connectivity index is 1.19. The lowest BCUT2D eigenvalue weighted by molar-refractivity contribution is -0.263. The quantitative estimate of drug-likeness (QED) is 0.550. The maximum Gasteiger partial charge on any atom is 0.220 e. The van der Waals surface area contributed by atoms with Crippen LogP contribution in [0, 0.1) is 11.3 Å². The molecule has 7 aliphatic rings. The van der Waals surface area contributed by atoms with Gasteiger partial charge in [-0.2, -0.15) is 0 Å². The van der Waals surface area contributed by atoms with Crippen molar-refractivity contribution < 1.29 is 19.0 Å². The van der Waals surface area contributed by atoms with Gasteiger partial charge in [-0.3, -0.25) is 9.69 Å². The Morgan fingerprint density at radius 1 is 1.10 bits per heavy atom. The molecule has 2 unspecified atom stereocenters. The molecule has 1 saturated heterocycles. The minimum absolute atomic E-state index is 0.0626. The molecule has 2 spiro atoms. The van der Waals surface area contributed by atoms with Crippen molar-refractivity contribution in [3.05, 3.63) is 59.2 Å². The van der Waals surface area contributed by atoms with E-state index >= 15 is 0 Å². The Morgan fingerprint density at radius 2 is 1.95 bits per heavy atom. The molecule has 1 N–H and O–H groups in total. The van der Waals surface area contributed by atoms with Gasteiger partial charge in [0.15, 0.2) is 11.5 Å². The summed E-state index contributed by atoms with van der Waals surface area (Å²) in [7, 11) is 3.59. The van der Waals surface area contributed by atoms with Crippen LogP contribution in [0.4, 0.5) is 0 Å². The van der Waals surface area contributed by atoms with Crippen LogP contribution in [0.15, 0.2) is 42.5 Å². The normalized spacial score (nSPS) is 37.2. The zero-order valence-corrected chi connectivity index (χ0v) is 23.2. The molecule has 2 aromatic rings. The molecular formula is C33H40N2O4. The first-order valence-corrected chi connectivity index (χ1v) is 15.0. The zero-order chi connectivity index (χ0) is 26.4. The van der Waals surface area contributed by atoms with E-state index in [-0.39, 0.29) is 28.9 Å². The second-order valence-corrected chi connectivity index (χ2v) is 13.1. The molecule has 6 atom stereocenters. The molecule has 4 bridgehead atoms. The number of rotatable bonds is 8. The number of carbonyl (C=O) groups is 1. The zero-order valence-electron chi connectivity index (χ0n) is 23.2. The molecule has 1 amide bonds. The summed E-state index contributed by atoms with van der Waals surface area (Å²) in [5.74, 6) is 2.75. The lowest BCUT2D eigenvalue weighted by Crippen LogP contribution is -2.83. The van der Waals surface area contributed by atoms with Gasteiger partial charge in [-0.15, -0.1) is 0 Å². The number of likely N-dealkylation sites (tertiary alicyclic amines) is 1. The van der Waals surface area contributed by atoms with E-state index in [4.69, 9.17) is 14.2 Å². The Labute approximate surface area is 231 Å². The van der Waals surface area contributed by atoms with Crippen LogP contribution >= 0.6 is 0 Å². The molecule has 2 heterocycles. The molecule has 5 fully saturated rings. The van der Waals surface area contributed by atoms with Crippen LogP contribution in [0.25, 0.3) is 0 Å². The van der Waals surface area contributed by atoms with E-state index in [1.165, 1.54) is 36.1 Å². The molecule has 39 heavy (non-hydrogen) atoms. The summed E-state index contributed by atoms with van der Waals surface area (Å²) in [6.45, 7) is 2.34. The first-order chi connectivity index (χ1) is 19.0. The average molecular weight is 529 g/mol. The smallest absolute Gasteiger partial charge is 0.220 e. The van der Waals surface area contributed by atoms with Gasteiger partial charge in [0.25, 0.3) is 0 Å². The molecule has 2 aromatic carbocycles. The fourth-order valence-corrected chi connectivity index (χ4v) is 9.88. The van der Waals surface area contributed by atoms with Crippen molar-refractivity contribution in [2.24, 2.45) is 11.3 Å². The van der Waals surface area contributed by atoms with Gasteiger partial charge in [0, 0.05) is 42.5 Å². The highest BCUT2D eigenvalue weighted by molar-refractivity contribution is 5.77. The highest BCUT2D eigenvalue weighted by Crippen LogP contribution is 2.75. The van der Waals surface area contributed by atoms with Crippen molar-refractivity contribution in [1.29, 1.82) is 0 Å². The molecule has 4 saturated carbocycles. The van der Waals surface area contributed by atoms with Gasteiger partial charge in [-0.25, -0.2) is 0 Å². The second-order valence-electron chi connectivity index (χ2n) is 13.1. The Hall–Kier alpha value is -2.57. The number of amides is 1. The second kappa shape index (κ2) is 8.47. The number of aryl methyl sites for hydroxylation is 1. The van der Waals surface area contributed by atoms with E-state index in [1.807, 2.05) is 25.3 Å². The van der Waals surface area contributed by atoms with E-state index in [1.54, 1.807) is 7.11 Å². The van der Waals surface area contributed by atoms with Crippen molar-refractivity contribution in [2.45, 2.75) is 87.0 Å². The predicted molar refractivity (Wildman–Crippen MR) is 148 cm³/mol. The maximum atomic E-state index is 13.5. The largest absolute Gasteiger partial charge is 0.493 e. The van der Waals surface area contributed by atoms with Crippen LogP contribution in [-0.4, -0.2) is 61.9 Å².